The molecule has 1 amide bonds. The topological polar surface area (TPSA) is 72.9 Å². The average molecular weight is 251 g/mol. The van der Waals surface area contributed by atoms with Gasteiger partial charge in [-0.15, -0.1) is 0 Å². The van der Waals surface area contributed by atoms with Crippen LogP contribution in [-0.2, 0) is 19.0 Å². The summed E-state index contributed by atoms with van der Waals surface area (Å²) in [6.07, 6.45) is 0.467. The minimum atomic E-state index is -3.46. The second-order valence-corrected chi connectivity index (χ2v) is 5.69. The van der Waals surface area contributed by atoms with Crippen molar-refractivity contribution in [3.05, 3.63) is 0 Å². The van der Waals surface area contributed by atoms with Gasteiger partial charge in [0.05, 0.1) is 25.0 Å². The molecule has 0 aliphatic carbocycles. The van der Waals surface area contributed by atoms with E-state index in [0.29, 0.717) is 13.0 Å². The van der Waals surface area contributed by atoms with Gasteiger partial charge in [-0.2, -0.15) is 8.42 Å². The van der Waals surface area contributed by atoms with Crippen molar-refractivity contribution in [2.75, 3.05) is 19.3 Å². The first-order chi connectivity index (χ1) is 7.28. The van der Waals surface area contributed by atoms with Gasteiger partial charge in [0.15, 0.2) is 0 Å². The lowest BCUT2D eigenvalue weighted by Crippen LogP contribution is -2.32. The molecule has 0 aromatic heterocycles. The lowest BCUT2D eigenvalue weighted by molar-refractivity contribution is 0.0800. The van der Waals surface area contributed by atoms with E-state index in [0.717, 1.165) is 6.26 Å². The third kappa shape index (κ3) is 4.36. The van der Waals surface area contributed by atoms with Crippen molar-refractivity contribution in [3.63, 3.8) is 0 Å². The molecule has 1 saturated heterocycles. The highest BCUT2D eigenvalue weighted by atomic mass is 32.2. The zero-order chi connectivity index (χ0) is 12.3. The van der Waals surface area contributed by atoms with E-state index in [9.17, 15) is 13.2 Å². The van der Waals surface area contributed by atoms with Crippen LogP contribution in [0.25, 0.3) is 0 Å². The van der Waals surface area contributed by atoms with Crippen LogP contribution in [0, 0.1) is 0 Å². The van der Waals surface area contributed by atoms with Crippen LogP contribution in [0.3, 0.4) is 0 Å². The highest BCUT2D eigenvalue weighted by molar-refractivity contribution is 7.86. The maximum absolute atomic E-state index is 11.5. The minimum Gasteiger partial charge on any atom is -0.447 e. The first kappa shape index (κ1) is 13.2. The summed E-state index contributed by atoms with van der Waals surface area (Å²) in [6, 6.07) is 0. The lowest BCUT2D eigenvalue weighted by atomic mass is 10.3. The molecule has 0 bridgehead atoms. The van der Waals surface area contributed by atoms with Crippen molar-refractivity contribution in [2.45, 2.75) is 32.5 Å². The van der Waals surface area contributed by atoms with Gasteiger partial charge in [-0.25, -0.2) is 4.79 Å². The monoisotopic (exact) mass is 251 g/mol. The van der Waals surface area contributed by atoms with Crippen LogP contribution in [0.5, 0.6) is 0 Å². The highest BCUT2D eigenvalue weighted by Crippen LogP contribution is 2.15. The lowest BCUT2D eigenvalue weighted by Gasteiger charge is -2.17. The molecule has 16 heavy (non-hydrogen) atoms. The average Bonchev–Trinajstić information content (AvgIpc) is 2.48. The summed E-state index contributed by atoms with van der Waals surface area (Å²) in [5, 5.41) is 0. The Morgan fingerprint density at radius 2 is 2.06 bits per heavy atom. The molecule has 94 valence electrons. The maximum Gasteiger partial charge on any atom is 0.410 e. The van der Waals surface area contributed by atoms with Crippen molar-refractivity contribution in [1.29, 1.82) is 0 Å². The zero-order valence-electron chi connectivity index (χ0n) is 9.67. The van der Waals surface area contributed by atoms with Gasteiger partial charge < -0.3 is 9.64 Å². The van der Waals surface area contributed by atoms with E-state index in [1.165, 1.54) is 4.90 Å². The number of carbonyl (C=O) groups excluding carboxylic acids is 1. The van der Waals surface area contributed by atoms with E-state index in [-0.39, 0.29) is 12.6 Å². The summed E-state index contributed by atoms with van der Waals surface area (Å²) in [6.45, 7) is 4.25. The van der Waals surface area contributed by atoms with E-state index in [1.54, 1.807) is 13.8 Å². The number of amides is 1. The Bertz CT molecular complexity index is 351. The van der Waals surface area contributed by atoms with E-state index in [2.05, 4.69) is 0 Å². The summed E-state index contributed by atoms with van der Waals surface area (Å²) >= 11 is 0. The third-order valence-corrected chi connectivity index (χ3v) is 2.67. The number of likely N-dealkylation sites (tertiary alicyclic amines) is 1. The number of hydrogen-bond acceptors (Lipinski definition) is 5. The van der Waals surface area contributed by atoms with E-state index in [1.807, 2.05) is 0 Å². The van der Waals surface area contributed by atoms with Crippen molar-refractivity contribution in [3.8, 4) is 0 Å². The molecule has 1 aliphatic heterocycles. The van der Waals surface area contributed by atoms with Gasteiger partial charge in [-0.1, -0.05) is 0 Å². The third-order valence-electron chi connectivity index (χ3n) is 2.05. The van der Waals surface area contributed by atoms with Crippen LogP contribution in [0.15, 0.2) is 0 Å². The van der Waals surface area contributed by atoms with Gasteiger partial charge in [-0.3, -0.25) is 4.18 Å². The van der Waals surface area contributed by atoms with Gasteiger partial charge in [-0.05, 0) is 20.3 Å². The fraction of sp³-hybridized carbons (Fsp3) is 0.889. The SMILES string of the molecule is CC(C)OC(=O)N1CCC(OS(C)(=O)=O)C1. The van der Waals surface area contributed by atoms with Gasteiger partial charge >= 0.3 is 6.09 Å². The van der Waals surface area contributed by atoms with Crippen molar-refractivity contribution < 1.29 is 22.1 Å². The van der Waals surface area contributed by atoms with Crippen molar-refractivity contribution in [1.82, 2.24) is 4.90 Å². The summed E-state index contributed by atoms with van der Waals surface area (Å²) < 4.78 is 31.6. The van der Waals surface area contributed by atoms with Gasteiger partial charge in [0.1, 0.15) is 0 Å². The molecular weight excluding hydrogens is 234 g/mol. The van der Waals surface area contributed by atoms with E-state index < -0.39 is 22.3 Å². The Balaban J connectivity index is 2.43. The molecule has 0 saturated carbocycles. The standard InChI is InChI=1S/C9H17NO5S/c1-7(2)14-9(11)10-5-4-8(6-10)15-16(3,12)13/h7-8H,4-6H2,1-3H3. The van der Waals surface area contributed by atoms with Crippen molar-refractivity contribution >= 4 is 16.2 Å². The fourth-order valence-electron chi connectivity index (χ4n) is 1.50. The van der Waals surface area contributed by atoms with Crippen LogP contribution in [0.1, 0.15) is 20.3 Å². The summed E-state index contributed by atoms with van der Waals surface area (Å²) in [5.74, 6) is 0. The van der Waals surface area contributed by atoms with Crippen LogP contribution in [-0.4, -0.2) is 51.0 Å². The maximum atomic E-state index is 11.5. The first-order valence-corrected chi connectivity index (χ1v) is 6.93. The number of ether oxygens (including phenoxy) is 1. The van der Waals surface area contributed by atoms with Crippen LogP contribution >= 0.6 is 0 Å². The summed E-state index contributed by atoms with van der Waals surface area (Å²) in [7, 11) is -3.46. The molecule has 1 unspecified atom stereocenters. The molecule has 0 aromatic rings. The van der Waals surface area contributed by atoms with Gasteiger partial charge in [0.2, 0.25) is 0 Å². The molecule has 1 aliphatic rings. The fourth-order valence-corrected chi connectivity index (χ4v) is 2.15. The highest BCUT2D eigenvalue weighted by Gasteiger charge is 2.30. The molecular formula is C9H17NO5S. The Labute approximate surface area is 95.6 Å². The molecule has 0 aromatic carbocycles. The van der Waals surface area contributed by atoms with Crippen molar-refractivity contribution in [2.24, 2.45) is 0 Å². The summed E-state index contributed by atoms with van der Waals surface area (Å²) in [5.41, 5.74) is 0. The Hall–Kier alpha value is -0.820. The Morgan fingerprint density at radius 1 is 1.44 bits per heavy atom. The molecule has 0 radical (unpaired) electrons. The Morgan fingerprint density at radius 3 is 2.56 bits per heavy atom. The molecule has 1 rings (SSSR count). The molecule has 0 N–H and O–H groups in total. The molecule has 7 heteroatoms. The summed E-state index contributed by atoms with van der Waals surface area (Å²) in [4.78, 5) is 12.9. The predicted octanol–water partition coefficient (Wildman–Crippen LogP) is 0.582. The van der Waals surface area contributed by atoms with E-state index >= 15 is 0 Å². The first-order valence-electron chi connectivity index (χ1n) is 5.12. The molecule has 1 heterocycles. The predicted molar refractivity (Wildman–Crippen MR) is 57.5 cm³/mol. The molecule has 1 atom stereocenters. The zero-order valence-corrected chi connectivity index (χ0v) is 10.5. The molecule has 0 spiro atoms. The largest absolute Gasteiger partial charge is 0.447 e. The molecule has 1 fully saturated rings. The van der Waals surface area contributed by atoms with Crippen LogP contribution in [0.2, 0.25) is 0 Å². The Kier molecular flexibility index (Phi) is 4.15. The number of nitrogens with zero attached hydrogens (tertiary/aromatic N) is 1. The van der Waals surface area contributed by atoms with Crippen LogP contribution < -0.4 is 0 Å². The number of hydrogen-bond donors (Lipinski definition) is 0. The van der Waals surface area contributed by atoms with E-state index in [4.69, 9.17) is 8.92 Å². The minimum absolute atomic E-state index is 0.178. The van der Waals surface area contributed by atoms with Gasteiger partial charge in [0.25, 0.3) is 10.1 Å². The normalized spacial score (nSPS) is 21.5. The molecule has 6 nitrogen and oxygen atoms in total. The van der Waals surface area contributed by atoms with Gasteiger partial charge in [0, 0.05) is 6.54 Å². The van der Waals surface area contributed by atoms with Crippen LogP contribution in [0.4, 0.5) is 4.79 Å². The second-order valence-electron chi connectivity index (χ2n) is 4.09. The number of carbonyl (C=O) groups is 1. The quantitative estimate of drug-likeness (QED) is 0.686. The number of rotatable bonds is 3. The smallest absolute Gasteiger partial charge is 0.410 e. The second kappa shape index (κ2) is 5.01.